The lowest BCUT2D eigenvalue weighted by molar-refractivity contribution is 0.000650. The molecule has 1 saturated carbocycles. The zero-order chi connectivity index (χ0) is 18.4. The van der Waals surface area contributed by atoms with Crippen LogP contribution in [0.1, 0.15) is 43.2 Å². The fraction of sp³-hybridized carbons (Fsp3) is 0.682. The molecule has 1 saturated heterocycles. The van der Waals surface area contributed by atoms with Gasteiger partial charge in [-0.15, -0.1) is 0 Å². The number of nitrogens with zero attached hydrogens (tertiary/aromatic N) is 2. The second kappa shape index (κ2) is 9.72. The van der Waals surface area contributed by atoms with Crippen LogP contribution in [0.4, 0.5) is 5.69 Å². The van der Waals surface area contributed by atoms with Crippen molar-refractivity contribution in [2.75, 3.05) is 44.3 Å². The van der Waals surface area contributed by atoms with Gasteiger partial charge >= 0.3 is 0 Å². The molecule has 1 atom stereocenters. The van der Waals surface area contributed by atoms with Crippen LogP contribution in [0, 0.1) is 26.3 Å². The number of benzene rings is 1. The Morgan fingerprint density at radius 1 is 1.12 bits per heavy atom. The maximum absolute atomic E-state index is 10.3. The highest BCUT2D eigenvalue weighted by Crippen LogP contribution is 2.27. The largest absolute Gasteiger partial charge is 0.389 e. The maximum atomic E-state index is 10.3. The Hall–Kier alpha value is -1.10. The topological polar surface area (TPSA) is 35.9 Å². The lowest BCUT2D eigenvalue weighted by atomic mass is 9.90. The van der Waals surface area contributed by atoms with Crippen LogP contribution in [0.3, 0.4) is 0 Å². The molecule has 145 valence electrons. The van der Waals surface area contributed by atoms with Crippen LogP contribution < -0.4 is 4.90 Å². The fourth-order valence-corrected chi connectivity index (χ4v) is 4.35. The van der Waals surface area contributed by atoms with E-state index in [1.807, 2.05) is 0 Å². The first-order chi connectivity index (χ1) is 12.6. The lowest BCUT2D eigenvalue weighted by Crippen LogP contribution is -2.47. The van der Waals surface area contributed by atoms with Crippen LogP contribution in [0.15, 0.2) is 18.2 Å². The van der Waals surface area contributed by atoms with Crippen molar-refractivity contribution in [1.82, 2.24) is 4.90 Å². The summed E-state index contributed by atoms with van der Waals surface area (Å²) in [5, 5.41) is 10.3. The van der Waals surface area contributed by atoms with Crippen molar-refractivity contribution in [1.29, 1.82) is 0 Å². The summed E-state index contributed by atoms with van der Waals surface area (Å²) < 4.78 is 5.80. The monoisotopic (exact) mass is 359 g/mol. The molecule has 26 heavy (non-hydrogen) atoms. The number of rotatable bonds is 7. The van der Waals surface area contributed by atoms with E-state index in [2.05, 4.69) is 48.4 Å². The zero-order valence-electron chi connectivity index (χ0n) is 16.5. The standard InChI is InChI=1S/C22H35N2O2/c1-18-7-6-8-19(2)22(18)24-13-11-23(12-14-24)15-21(25)17-26-16-20-9-4-3-5-10-20/h6-8,13,20-21,25H,3-5,9-12,14-17H2,1-2H3. The second-order valence-electron chi connectivity index (χ2n) is 8.07. The number of para-hydroxylation sites is 1. The van der Waals surface area contributed by atoms with Gasteiger partial charge in [-0.1, -0.05) is 37.5 Å². The fourth-order valence-electron chi connectivity index (χ4n) is 4.35. The summed E-state index contributed by atoms with van der Waals surface area (Å²) in [6, 6.07) is 6.47. The minimum atomic E-state index is -0.390. The third-order valence-corrected chi connectivity index (χ3v) is 5.80. The van der Waals surface area contributed by atoms with Gasteiger partial charge in [0.2, 0.25) is 0 Å². The average molecular weight is 360 g/mol. The lowest BCUT2D eigenvalue weighted by Gasteiger charge is -2.37. The van der Waals surface area contributed by atoms with E-state index in [4.69, 9.17) is 4.74 Å². The SMILES string of the molecule is Cc1cccc(C)c1N1[CH]CN(CC(O)COCC2CCCCC2)CC1. The van der Waals surface area contributed by atoms with Crippen LogP contribution >= 0.6 is 0 Å². The van der Waals surface area contributed by atoms with Gasteiger partial charge < -0.3 is 14.7 Å². The molecule has 1 aliphatic carbocycles. The number of hydrogen-bond donors (Lipinski definition) is 1. The Balaban J connectivity index is 1.37. The number of piperazine rings is 1. The molecule has 1 unspecified atom stereocenters. The zero-order valence-corrected chi connectivity index (χ0v) is 16.5. The van der Waals surface area contributed by atoms with Crippen LogP contribution in [0.25, 0.3) is 0 Å². The Morgan fingerprint density at radius 2 is 1.85 bits per heavy atom. The first-order valence-electron chi connectivity index (χ1n) is 10.3. The van der Waals surface area contributed by atoms with Gasteiger partial charge in [0.25, 0.3) is 0 Å². The number of anilines is 1. The molecule has 1 heterocycles. The molecular weight excluding hydrogens is 324 g/mol. The molecule has 0 spiro atoms. The molecule has 3 rings (SSSR count). The molecule has 0 aromatic heterocycles. The molecule has 2 aliphatic rings. The smallest absolute Gasteiger partial charge is 0.0900 e. The summed E-state index contributed by atoms with van der Waals surface area (Å²) in [6.07, 6.45) is 6.27. The van der Waals surface area contributed by atoms with Crippen LogP contribution in [-0.4, -0.2) is 55.5 Å². The van der Waals surface area contributed by atoms with E-state index < -0.39 is 6.10 Å². The van der Waals surface area contributed by atoms with Crippen molar-refractivity contribution in [2.45, 2.75) is 52.1 Å². The highest BCUT2D eigenvalue weighted by molar-refractivity contribution is 5.60. The molecular formula is C22H35N2O2. The Labute approximate surface area is 159 Å². The van der Waals surface area contributed by atoms with Gasteiger partial charge in [-0.25, -0.2) is 0 Å². The number of β-amino-alcohol motifs (C(OH)–C–C–N with tert-alkyl or cyclic N) is 1. The van der Waals surface area contributed by atoms with Gasteiger partial charge in [-0.3, -0.25) is 4.90 Å². The molecule has 1 N–H and O–H groups in total. The maximum Gasteiger partial charge on any atom is 0.0900 e. The number of ether oxygens (including phenoxy) is 1. The molecule has 1 aromatic rings. The van der Waals surface area contributed by atoms with Crippen molar-refractivity contribution in [3.05, 3.63) is 35.9 Å². The van der Waals surface area contributed by atoms with E-state index >= 15 is 0 Å². The number of aliphatic hydroxyl groups is 1. The summed E-state index contributed by atoms with van der Waals surface area (Å²) in [7, 11) is 0. The molecule has 1 aliphatic heterocycles. The van der Waals surface area contributed by atoms with Gasteiger partial charge in [0.1, 0.15) is 0 Å². The van der Waals surface area contributed by atoms with Gasteiger partial charge in [-0.2, -0.15) is 0 Å². The van der Waals surface area contributed by atoms with E-state index in [-0.39, 0.29) is 0 Å². The average Bonchev–Trinajstić information content (AvgIpc) is 2.64. The number of hydrogen-bond acceptors (Lipinski definition) is 4. The molecule has 0 bridgehead atoms. The third kappa shape index (κ3) is 5.45. The third-order valence-electron chi connectivity index (χ3n) is 5.80. The van der Waals surface area contributed by atoms with Gasteiger partial charge in [-0.05, 0) is 43.7 Å². The minimum Gasteiger partial charge on any atom is -0.389 e. The van der Waals surface area contributed by atoms with Crippen molar-refractivity contribution in [3.63, 3.8) is 0 Å². The molecule has 4 heteroatoms. The van der Waals surface area contributed by atoms with Crippen molar-refractivity contribution >= 4 is 5.69 Å². The van der Waals surface area contributed by atoms with Crippen molar-refractivity contribution in [3.8, 4) is 0 Å². The van der Waals surface area contributed by atoms with Crippen LogP contribution in [0.2, 0.25) is 0 Å². The van der Waals surface area contributed by atoms with E-state index in [0.717, 1.165) is 26.2 Å². The minimum absolute atomic E-state index is 0.390. The summed E-state index contributed by atoms with van der Waals surface area (Å²) in [6.45, 7) is 11.4. The summed E-state index contributed by atoms with van der Waals surface area (Å²) in [4.78, 5) is 4.69. The van der Waals surface area contributed by atoms with Gasteiger partial charge in [0.15, 0.2) is 0 Å². The molecule has 2 fully saturated rings. The Bertz CT molecular complexity index is 529. The number of aliphatic hydroxyl groups excluding tert-OH is 1. The Morgan fingerprint density at radius 3 is 2.50 bits per heavy atom. The highest BCUT2D eigenvalue weighted by atomic mass is 16.5. The quantitative estimate of drug-likeness (QED) is 0.808. The first kappa shape index (κ1) is 19.7. The van der Waals surface area contributed by atoms with Crippen molar-refractivity contribution < 1.29 is 9.84 Å². The van der Waals surface area contributed by atoms with Gasteiger partial charge in [0.05, 0.1) is 19.3 Å². The Kier molecular flexibility index (Phi) is 7.35. The second-order valence-corrected chi connectivity index (χ2v) is 8.07. The van der Waals surface area contributed by atoms with Gasteiger partial charge in [0, 0.05) is 38.5 Å². The van der Waals surface area contributed by atoms with E-state index in [9.17, 15) is 5.11 Å². The highest BCUT2D eigenvalue weighted by Gasteiger charge is 2.22. The molecule has 4 nitrogen and oxygen atoms in total. The summed E-state index contributed by atoms with van der Waals surface area (Å²) >= 11 is 0. The van der Waals surface area contributed by atoms with E-state index in [1.54, 1.807) is 0 Å². The summed E-state index contributed by atoms with van der Waals surface area (Å²) in [5.41, 5.74) is 3.99. The number of aryl methyl sites for hydroxylation is 2. The summed E-state index contributed by atoms with van der Waals surface area (Å²) in [5.74, 6) is 0.713. The molecule has 1 aromatic carbocycles. The van der Waals surface area contributed by atoms with E-state index in [1.165, 1.54) is 48.9 Å². The van der Waals surface area contributed by atoms with Crippen LogP contribution in [-0.2, 0) is 4.74 Å². The molecule has 1 radical (unpaired) electrons. The van der Waals surface area contributed by atoms with Crippen LogP contribution in [0.5, 0.6) is 0 Å². The normalized spacial score (nSPS) is 21.1. The predicted molar refractivity (Wildman–Crippen MR) is 107 cm³/mol. The van der Waals surface area contributed by atoms with Crippen molar-refractivity contribution in [2.24, 2.45) is 5.92 Å². The van der Waals surface area contributed by atoms with E-state index in [0.29, 0.717) is 19.1 Å². The first-order valence-corrected chi connectivity index (χ1v) is 10.3. The molecule has 0 amide bonds. The predicted octanol–water partition coefficient (Wildman–Crippen LogP) is 3.55.